The Balaban J connectivity index is 1.26. The van der Waals surface area contributed by atoms with Crippen LogP contribution in [0, 0.1) is 22.7 Å². The van der Waals surface area contributed by atoms with Crippen molar-refractivity contribution in [2.45, 2.75) is 70.1 Å². The molecule has 3 aromatic rings. The molecule has 2 heterocycles. The molecule has 35 heavy (non-hydrogen) atoms. The van der Waals surface area contributed by atoms with Crippen LogP contribution in [0.2, 0.25) is 0 Å². The number of fused-ring (bicyclic) bond motifs is 2. The number of thiazole rings is 1. The van der Waals surface area contributed by atoms with E-state index in [0.29, 0.717) is 45.4 Å². The fourth-order valence-corrected chi connectivity index (χ4v) is 6.73. The summed E-state index contributed by atoms with van der Waals surface area (Å²) in [6.07, 6.45) is 7.99. The minimum Gasteiger partial charge on any atom is -0.507 e. The Labute approximate surface area is 207 Å². The molecule has 7 nitrogen and oxygen atoms in total. The molecule has 4 atom stereocenters. The fraction of sp³-hybridized carbons (Fsp3) is 0.500. The molecule has 2 aromatic heterocycles. The summed E-state index contributed by atoms with van der Waals surface area (Å²) in [7, 11) is 0. The van der Waals surface area contributed by atoms with Crippen LogP contribution in [0.3, 0.4) is 0 Å². The number of aromatic nitrogens is 4. The minimum absolute atomic E-state index is 0.0134. The SMILES string of the molecule is C[C@@]12CCC[C@@H](C[C@H](N(c3cnc(-c4ccc(-c5csc(C#N)n5)cc4O)nn3)C3CC3)[C@@H]1F)C2. The maximum atomic E-state index is 15.9. The first-order valence-electron chi connectivity index (χ1n) is 12.3. The van der Waals surface area contributed by atoms with E-state index in [-0.39, 0.29) is 17.2 Å². The molecule has 1 N–H and O–H groups in total. The van der Waals surface area contributed by atoms with Crippen LogP contribution in [-0.2, 0) is 0 Å². The summed E-state index contributed by atoms with van der Waals surface area (Å²) in [5, 5.41) is 30.6. The number of halogens is 1. The summed E-state index contributed by atoms with van der Waals surface area (Å²) in [5.74, 6) is 1.52. The lowest BCUT2D eigenvalue weighted by atomic mass is 9.60. The zero-order valence-electron chi connectivity index (χ0n) is 19.6. The van der Waals surface area contributed by atoms with Crippen molar-refractivity contribution in [3.63, 3.8) is 0 Å². The number of aromatic hydroxyl groups is 1. The third-order valence-corrected chi connectivity index (χ3v) is 8.69. The third-order valence-electron chi connectivity index (χ3n) is 7.94. The van der Waals surface area contributed by atoms with Gasteiger partial charge in [0.2, 0.25) is 0 Å². The molecular weight excluding hydrogens is 463 g/mol. The molecule has 9 heteroatoms. The van der Waals surface area contributed by atoms with Gasteiger partial charge in [-0.2, -0.15) is 5.26 Å². The van der Waals surface area contributed by atoms with E-state index < -0.39 is 6.17 Å². The van der Waals surface area contributed by atoms with Gasteiger partial charge in [-0.25, -0.2) is 14.4 Å². The molecule has 1 aromatic carbocycles. The van der Waals surface area contributed by atoms with Gasteiger partial charge in [0, 0.05) is 22.4 Å². The monoisotopic (exact) mass is 490 g/mol. The smallest absolute Gasteiger partial charge is 0.194 e. The normalized spacial score (nSPS) is 27.9. The van der Waals surface area contributed by atoms with Crippen molar-refractivity contribution in [1.29, 1.82) is 5.26 Å². The zero-order chi connectivity index (χ0) is 24.2. The Bertz CT molecular complexity index is 1290. The molecule has 2 bridgehead atoms. The van der Waals surface area contributed by atoms with Crippen molar-refractivity contribution in [3.05, 3.63) is 34.8 Å². The Morgan fingerprint density at radius 1 is 1.26 bits per heavy atom. The standard InChI is InChI=1S/C26H27FN6OS/c1-26-8-2-3-15(11-26)9-20(24(26)27)33(17-5-6-17)22-13-29-25(32-31-22)18-7-4-16(10-21(18)34)19-14-35-23(12-28)30-19/h4,7,10,13-15,17,20,24,34H,2-3,5-6,8-9,11H2,1H3/t15-,20-,24-,26-/m0/s1. The van der Waals surface area contributed by atoms with E-state index in [1.165, 1.54) is 17.8 Å². The van der Waals surface area contributed by atoms with Crippen molar-refractivity contribution in [1.82, 2.24) is 20.2 Å². The number of hydrogen-bond donors (Lipinski definition) is 1. The molecule has 0 spiro atoms. The van der Waals surface area contributed by atoms with Gasteiger partial charge in [-0.15, -0.1) is 21.5 Å². The lowest BCUT2D eigenvalue weighted by Crippen LogP contribution is -2.56. The second kappa shape index (κ2) is 8.52. The number of benzene rings is 1. The molecule has 0 amide bonds. The maximum absolute atomic E-state index is 15.9. The first-order valence-corrected chi connectivity index (χ1v) is 13.1. The number of alkyl halides is 1. The lowest BCUT2D eigenvalue weighted by Gasteiger charge is -2.52. The summed E-state index contributed by atoms with van der Waals surface area (Å²) in [6, 6.07) is 7.27. The van der Waals surface area contributed by atoms with E-state index in [4.69, 9.17) is 5.26 Å². The Hall–Kier alpha value is -3.12. The van der Waals surface area contributed by atoms with Gasteiger partial charge < -0.3 is 10.0 Å². The van der Waals surface area contributed by atoms with Crippen LogP contribution >= 0.6 is 11.3 Å². The summed E-state index contributed by atoms with van der Waals surface area (Å²) >= 11 is 1.26. The number of phenols is 1. The van der Waals surface area contributed by atoms with Crippen LogP contribution < -0.4 is 4.90 Å². The van der Waals surface area contributed by atoms with Gasteiger partial charge in [-0.05, 0) is 50.2 Å². The number of rotatable bonds is 5. The molecular formula is C26H27FN6OS. The van der Waals surface area contributed by atoms with Gasteiger partial charge in [0.25, 0.3) is 0 Å². The lowest BCUT2D eigenvalue weighted by molar-refractivity contribution is -0.0125. The molecule has 0 saturated heterocycles. The Morgan fingerprint density at radius 2 is 2.11 bits per heavy atom. The first-order chi connectivity index (χ1) is 16.9. The van der Waals surface area contributed by atoms with E-state index in [1.807, 2.05) is 12.1 Å². The van der Waals surface area contributed by atoms with Crippen LogP contribution in [-0.4, -0.2) is 43.5 Å². The van der Waals surface area contributed by atoms with Crippen molar-refractivity contribution < 1.29 is 9.50 Å². The highest BCUT2D eigenvalue weighted by atomic mass is 32.1. The van der Waals surface area contributed by atoms with Crippen LogP contribution in [0.4, 0.5) is 10.2 Å². The summed E-state index contributed by atoms with van der Waals surface area (Å²) in [6.45, 7) is 2.12. The molecule has 0 radical (unpaired) electrons. The van der Waals surface area contributed by atoms with E-state index in [0.717, 1.165) is 38.5 Å². The summed E-state index contributed by atoms with van der Waals surface area (Å²) in [5.41, 5.74) is 1.55. The van der Waals surface area contributed by atoms with E-state index in [1.54, 1.807) is 23.7 Å². The van der Waals surface area contributed by atoms with Crippen molar-refractivity contribution in [3.8, 4) is 34.5 Å². The molecule has 3 aliphatic carbocycles. The topological polar surface area (TPSA) is 98.8 Å². The van der Waals surface area contributed by atoms with Crippen LogP contribution in [0.1, 0.15) is 56.9 Å². The second-order valence-corrected chi connectivity index (χ2v) is 11.3. The summed E-state index contributed by atoms with van der Waals surface area (Å²) in [4.78, 5) is 10.9. The van der Waals surface area contributed by atoms with Gasteiger partial charge in [-0.1, -0.05) is 25.8 Å². The van der Waals surface area contributed by atoms with Gasteiger partial charge in [0.05, 0.1) is 23.5 Å². The van der Waals surface area contributed by atoms with Crippen LogP contribution in [0.25, 0.3) is 22.6 Å². The second-order valence-electron chi connectivity index (χ2n) is 10.5. The molecule has 3 aliphatic rings. The number of anilines is 1. The first kappa shape index (κ1) is 22.4. The third kappa shape index (κ3) is 4.04. The average molecular weight is 491 g/mol. The highest BCUT2D eigenvalue weighted by Gasteiger charge is 2.52. The van der Waals surface area contributed by atoms with Crippen LogP contribution in [0.5, 0.6) is 5.75 Å². The van der Waals surface area contributed by atoms with Crippen LogP contribution in [0.15, 0.2) is 29.8 Å². The minimum atomic E-state index is -0.884. The molecule has 3 fully saturated rings. The van der Waals surface area contributed by atoms with Crippen molar-refractivity contribution >= 4 is 17.2 Å². The van der Waals surface area contributed by atoms with E-state index in [2.05, 4.69) is 32.0 Å². The van der Waals surface area contributed by atoms with Gasteiger partial charge in [0.15, 0.2) is 16.6 Å². The Kier molecular flexibility index (Phi) is 5.44. The maximum Gasteiger partial charge on any atom is 0.194 e. The molecule has 0 unspecified atom stereocenters. The van der Waals surface area contributed by atoms with Crippen molar-refractivity contribution in [2.75, 3.05) is 4.90 Å². The molecule has 180 valence electrons. The van der Waals surface area contributed by atoms with Gasteiger partial charge >= 0.3 is 0 Å². The largest absolute Gasteiger partial charge is 0.507 e. The molecule has 3 saturated carbocycles. The molecule has 0 aliphatic heterocycles. The van der Waals surface area contributed by atoms with Crippen molar-refractivity contribution in [2.24, 2.45) is 11.3 Å². The summed E-state index contributed by atoms with van der Waals surface area (Å²) < 4.78 is 15.9. The highest BCUT2D eigenvalue weighted by Crippen LogP contribution is 2.52. The number of hydrogen-bond acceptors (Lipinski definition) is 8. The predicted octanol–water partition coefficient (Wildman–Crippen LogP) is 5.52. The molecule has 6 rings (SSSR count). The quantitative estimate of drug-likeness (QED) is 0.503. The van der Waals surface area contributed by atoms with Gasteiger partial charge in [-0.3, -0.25) is 0 Å². The van der Waals surface area contributed by atoms with Gasteiger partial charge in [0.1, 0.15) is 18.0 Å². The Morgan fingerprint density at radius 3 is 2.80 bits per heavy atom. The zero-order valence-corrected chi connectivity index (χ0v) is 20.4. The highest BCUT2D eigenvalue weighted by molar-refractivity contribution is 7.10. The van der Waals surface area contributed by atoms with E-state index >= 15 is 4.39 Å². The van der Waals surface area contributed by atoms with E-state index in [9.17, 15) is 5.11 Å². The predicted molar refractivity (Wildman–Crippen MR) is 132 cm³/mol. The fourth-order valence-electron chi connectivity index (χ4n) is 6.12. The number of nitrogens with zero attached hydrogens (tertiary/aromatic N) is 6. The number of nitriles is 1. The number of phenolic OH excluding ortho intramolecular Hbond substituents is 1. The average Bonchev–Trinajstić information content (AvgIpc) is 3.57.